The lowest BCUT2D eigenvalue weighted by Crippen LogP contribution is -2.32. The summed E-state index contributed by atoms with van der Waals surface area (Å²) in [6.07, 6.45) is 4.78. The minimum Gasteiger partial charge on any atom is -0.494 e. The maximum atomic E-state index is 12.7. The fourth-order valence-corrected chi connectivity index (χ4v) is 5.69. The first kappa shape index (κ1) is 31.2. The molecule has 0 bridgehead atoms. The van der Waals surface area contributed by atoms with E-state index in [1.807, 2.05) is 6.92 Å². The number of hydrogen-bond acceptors (Lipinski definition) is 10. The molecule has 0 aliphatic heterocycles. The van der Waals surface area contributed by atoms with Gasteiger partial charge in [-0.3, -0.25) is 9.59 Å². The smallest absolute Gasteiger partial charge is 0.343 e. The Morgan fingerprint density at radius 2 is 1.60 bits per heavy atom. The van der Waals surface area contributed by atoms with Crippen LogP contribution in [0.4, 0.5) is 5.00 Å². The number of nitrogens with zero attached hydrogens (tertiary/aromatic N) is 1. The Hall–Kier alpha value is -4.71. The van der Waals surface area contributed by atoms with Crippen LogP contribution < -0.4 is 25.0 Å². The van der Waals surface area contributed by atoms with Gasteiger partial charge in [-0.1, -0.05) is 0 Å². The SMILES string of the molecule is CCOC(=O)c1c(NC(=O)C(=O)N/N=C/c2ccc(OC(=O)c3ccc(OCC)cc3)c(OCC)c2)sc2c1CCCC2. The predicted molar refractivity (Wildman–Crippen MR) is 161 cm³/mol. The normalized spacial score (nSPS) is 12.3. The van der Waals surface area contributed by atoms with Crippen LogP contribution in [0.5, 0.6) is 17.2 Å². The maximum absolute atomic E-state index is 12.7. The number of hydrogen-bond donors (Lipinski definition) is 2. The molecule has 0 saturated heterocycles. The van der Waals surface area contributed by atoms with Crippen molar-refractivity contribution in [1.82, 2.24) is 5.43 Å². The highest BCUT2D eigenvalue weighted by molar-refractivity contribution is 7.17. The van der Waals surface area contributed by atoms with Crippen LogP contribution in [0.3, 0.4) is 0 Å². The first-order chi connectivity index (χ1) is 20.8. The van der Waals surface area contributed by atoms with Crippen molar-refractivity contribution < 1.29 is 38.1 Å². The number of amides is 2. The van der Waals surface area contributed by atoms with Crippen LogP contribution in [0, 0.1) is 0 Å². The zero-order chi connectivity index (χ0) is 30.8. The molecule has 1 aromatic heterocycles. The molecular formula is C31H33N3O8S. The summed E-state index contributed by atoms with van der Waals surface area (Å²) in [4.78, 5) is 51.4. The summed E-state index contributed by atoms with van der Waals surface area (Å²) in [7, 11) is 0. The third kappa shape index (κ3) is 7.98. The summed E-state index contributed by atoms with van der Waals surface area (Å²) >= 11 is 1.29. The number of anilines is 1. The number of esters is 2. The Bertz CT molecular complexity index is 1510. The monoisotopic (exact) mass is 607 g/mol. The number of fused-ring (bicyclic) bond motifs is 1. The van der Waals surface area contributed by atoms with Crippen LogP contribution in [0.2, 0.25) is 0 Å². The second-order valence-corrected chi connectivity index (χ2v) is 10.4. The summed E-state index contributed by atoms with van der Waals surface area (Å²) < 4.78 is 21.8. The molecule has 43 heavy (non-hydrogen) atoms. The number of carbonyl (C=O) groups excluding carboxylic acids is 4. The van der Waals surface area contributed by atoms with E-state index in [0.717, 1.165) is 36.1 Å². The van der Waals surface area contributed by atoms with Gasteiger partial charge in [0, 0.05) is 4.88 Å². The molecule has 0 spiro atoms. The van der Waals surface area contributed by atoms with Gasteiger partial charge in [-0.25, -0.2) is 15.0 Å². The molecule has 2 N–H and O–H groups in total. The molecule has 0 radical (unpaired) electrons. The molecule has 1 aliphatic carbocycles. The average molecular weight is 608 g/mol. The van der Waals surface area contributed by atoms with Crippen LogP contribution in [0.25, 0.3) is 0 Å². The Morgan fingerprint density at radius 1 is 0.860 bits per heavy atom. The number of benzene rings is 2. The summed E-state index contributed by atoms with van der Waals surface area (Å²) in [5.74, 6) is -1.92. The van der Waals surface area contributed by atoms with Crippen molar-refractivity contribution in [3.8, 4) is 17.2 Å². The van der Waals surface area contributed by atoms with Crippen molar-refractivity contribution in [2.45, 2.75) is 46.5 Å². The van der Waals surface area contributed by atoms with Gasteiger partial charge in [0.05, 0.1) is 37.2 Å². The number of carbonyl (C=O) groups is 4. The zero-order valence-corrected chi connectivity index (χ0v) is 25.0. The molecule has 2 aromatic carbocycles. The van der Waals surface area contributed by atoms with E-state index in [2.05, 4.69) is 15.8 Å². The first-order valence-electron chi connectivity index (χ1n) is 14.0. The van der Waals surface area contributed by atoms with Crippen LogP contribution in [-0.4, -0.2) is 49.8 Å². The number of hydrazone groups is 1. The quantitative estimate of drug-likeness (QED) is 0.103. The number of ether oxygens (including phenoxy) is 4. The molecule has 226 valence electrons. The van der Waals surface area contributed by atoms with E-state index < -0.39 is 23.8 Å². The van der Waals surface area contributed by atoms with Gasteiger partial charge in [-0.15, -0.1) is 11.3 Å². The van der Waals surface area contributed by atoms with Gasteiger partial charge in [0.15, 0.2) is 11.5 Å². The van der Waals surface area contributed by atoms with Gasteiger partial charge < -0.3 is 24.3 Å². The predicted octanol–water partition coefficient (Wildman–Crippen LogP) is 4.91. The molecule has 0 unspecified atom stereocenters. The van der Waals surface area contributed by atoms with Crippen LogP contribution in [0.15, 0.2) is 47.6 Å². The average Bonchev–Trinajstić information content (AvgIpc) is 3.37. The Labute approximate surface area is 253 Å². The van der Waals surface area contributed by atoms with Gasteiger partial charge >= 0.3 is 23.8 Å². The van der Waals surface area contributed by atoms with Crippen molar-refractivity contribution in [3.63, 3.8) is 0 Å². The molecular weight excluding hydrogens is 574 g/mol. The Balaban J connectivity index is 1.39. The van der Waals surface area contributed by atoms with Crippen molar-refractivity contribution in [3.05, 3.63) is 69.6 Å². The van der Waals surface area contributed by atoms with Crippen molar-refractivity contribution in [2.24, 2.45) is 5.10 Å². The second-order valence-electron chi connectivity index (χ2n) is 9.27. The molecule has 1 aliphatic rings. The molecule has 1 heterocycles. The molecule has 0 saturated carbocycles. The van der Waals surface area contributed by atoms with Crippen LogP contribution in [0.1, 0.15) is 70.3 Å². The van der Waals surface area contributed by atoms with E-state index in [0.29, 0.717) is 46.4 Å². The lowest BCUT2D eigenvalue weighted by atomic mass is 9.95. The van der Waals surface area contributed by atoms with E-state index in [-0.39, 0.29) is 12.4 Å². The van der Waals surface area contributed by atoms with E-state index in [9.17, 15) is 19.2 Å². The van der Waals surface area contributed by atoms with Crippen LogP contribution >= 0.6 is 11.3 Å². The minimum absolute atomic E-state index is 0.198. The largest absolute Gasteiger partial charge is 0.494 e. The highest BCUT2D eigenvalue weighted by Gasteiger charge is 2.28. The van der Waals surface area contributed by atoms with E-state index in [1.165, 1.54) is 17.6 Å². The molecule has 0 atom stereocenters. The van der Waals surface area contributed by atoms with E-state index in [4.69, 9.17) is 18.9 Å². The Morgan fingerprint density at radius 3 is 2.33 bits per heavy atom. The number of aryl methyl sites for hydroxylation is 1. The minimum atomic E-state index is -1.01. The third-order valence-corrected chi connectivity index (χ3v) is 7.54. The van der Waals surface area contributed by atoms with Crippen molar-refractivity contribution in [2.75, 3.05) is 25.1 Å². The van der Waals surface area contributed by atoms with Gasteiger partial charge in [0.1, 0.15) is 10.8 Å². The standard InChI is InChI=1S/C31H33N3O8S/c1-4-39-21-14-12-20(13-15-21)30(37)42-23-16-11-19(17-24(23)40-5-2)18-32-34-28(36)27(35)33-29-26(31(38)41-6-3)22-9-7-8-10-25(22)43-29/h11-18H,4-10H2,1-3H3,(H,33,35)(H,34,36)/b32-18+. The number of nitrogens with one attached hydrogen (secondary N) is 2. The van der Waals surface area contributed by atoms with Crippen molar-refractivity contribution >= 4 is 46.3 Å². The number of rotatable bonds is 11. The lowest BCUT2D eigenvalue weighted by Gasteiger charge is -2.12. The molecule has 11 nitrogen and oxygen atoms in total. The van der Waals surface area contributed by atoms with Gasteiger partial charge in [0.2, 0.25) is 0 Å². The van der Waals surface area contributed by atoms with Crippen LogP contribution in [-0.2, 0) is 27.2 Å². The summed E-state index contributed by atoms with van der Waals surface area (Å²) in [5, 5.41) is 6.71. The maximum Gasteiger partial charge on any atom is 0.343 e. The van der Waals surface area contributed by atoms with Gasteiger partial charge in [0.25, 0.3) is 0 Å². The molecule has 12 heteroatoms. The molecule has 2 amide bonds. The summed E-state index contributed by atoms with van der Waals surface area (Å²) in [5.41, 5.74) is 4.24. The van der Waals surface area contributed by atoms with Gasteiger partial charge in [-0.2, -0.15) is 5.10 Å². The van der Waals surface area contributed by atoms with E-state index >= 15 is 0 Å². The summed E-state index contributed by atoms with van der Waals surface area (Å²) in [6.45, 7) is 6.39. The zero-order valence-electron chi connectivity index (χ0n) is 24.2. The molecule has 3 aromatic rings. The fraction of sp³-hybridized carbons (Fsp3) is 0.323. The Kier molecular flexibility index (Phi) is 10.9. The lowest BCUT2D eigenvalue weighted by molar-refractivity contribution is -0.136. The number of thiophene rings is 1. The van der Waals surface area contributed by atoms with Crippen molar-refractivity contribution in [1.29, 1.82) is 0 Å². The van der Waals surface area contributed by atoms with E-state index in [1.54, 1.807) is 56.3 Å². The highest BCUT2D eigenvalue weighted by atomic mass is 32.1. The topological polar surface area (TPSA) is 142 Å². The highest BCUT2D eigenvalue weighted by Crippen LogP contribution is 2.38. The molecule has 0 fully saturated rings. The fourth-order valence-electron chi connectivity index (χ4n) is 4.42. The molecule has 4 rings (SSSR count). The first-order valence-corrected chi connectivity index (χ1v) is 14.8. The second kappa shape index (κ2) is 15.0. The van der Waals surface area contributed by atoms with Gasteiger partial charge in [-0.05, 0) is 100 Å². The third-order valence-electron chi connectivity index (χ3n) is 6.34. The summed E-state index contributed by atoms with van der Waals surface area (Å²) in [6, 6.07) is 11.3.